The molecule has 1 unspecified atom stereocenters. The molecule has 0 radical (unpaired) electrons. The lowest BCUT2D eigenvalue weighted by Crippen LogP contribution is -2.48. The molecule has 0 spiro atoms. The van der Waals surface area contributed by atoms with Gasteiger partial charge in [-0.1, -0.05) is 13.8 Å². The maximum absolute atomic E-state index is 11.3. The Hall–Kier alpha value is -0.660. The summed E-state index contributed by atoms with van der Waals surface area (Å²) in [6.45, 7) is 3.27. The third-order valence-corrected chi connectivity index (χ3v) is 3.20. The van der Waals surface area contributed by atoms with E-state index < -0.39 is 22.2 Å². The summed E-state index contributed by atoms with van der Waals surface area (Å²) < 4.78 is 25.6. The molecular weight excluding hydrogens is 208 g/mol. The van der Waals surface area contributed by atoms with E-state index in [0.29, 0.717) is 0 Å². The Balaban J connectivity index is 4.71. The third kappa shape index (κ3) is 3.60. The molecule has 0 aromatic carbocycles. The molecule has 0 aliphatic heterocycles. The average molecular weight is 224 g/mol. The lowest BCUT2D eigenvalue weighted by Gasteiger charge is -2.20. The van der Waals surface area contributed by atoms with Crippen LogP contribution in [0.25, 0.3) is 0 Å². The number of carbonyl (C=O) groups is 1. The lowest BCUT2D eigenvalue weighted by atomic mass is 10.1. The zero-order valence-electron chi connectivity index (χ0n) is 8.68. The van der Waals surface area contributed by atoms with E-state index in [1.165, 1.54) is 14.1 Å². The van der Waals surface area contributed by atoms with E-state index in [2.05, 4.69) is 4.72 Å². The van der Waals surface area contributed by atoms with Gasteiger partial charge in [-0.25, -0.2) is 0 Å². The normalized spacial score (nSPS) is 14.7. The van der Waals surface area contributed by atoms with Crippen LogP contribution in [-0.2, 0) is 15.0 Å². The molecule has 0 heterocycles. The molecule has 1 atom stereocenters. The molecule has 0 bridgehead atoms. The third-order valence-electron chi connectivity index (χ3n) is 1.69. The highest BCUT2D eigenvalue weighted by Crippen LogP contribution is 2.04. The number of hydrogen-bond donors (Lipinski definition) is 2. The SMILES string of the molecule is CC(C)C(NS(=O)(=O)N(C)C)C(=O)O. The fraction of sp³-hybridized carbons (Fsp3) is 0.857. The summed E-state index contributed by atoms with van der Waals surface area (Å²) in [5, 5.41) is 8.74. The van der Waals surface area contributed by atoms with Crippen LogP contribution in [0.4, 0.5) is 0 Å². The Kier molecular flexibility index (Phi) is 4.50. The van der Waals surface area contributed by atoms with E-state index in [0.717, 1.165) is 4.31 Å². The van der Waals surface area contributed by atoms with Gasteiger partial charge in [0.25, 0.3) is 10.2 Å². The van der Waals surface area contributed by atoms with E-state index in [1.807, 2.05) is 0 Å². The molecule has 0 saturated carbocycles. The average Bonchev–Trinajstić information content (AvgIpc) is 1.98. The molecule has 0 saturated heterocycles. The van der Waals surface area contributed by atoms with Crippen LogP contribution in [0.3, 0.4) is 0 Å². The molecule has 84 valence electrons. The molecule has 0 aliphatic carbocycles. The van der Waals surface area contributed by atoms with Crippen LogP contribution in [0.15, 0.2) is 0 Å². The van der Waals surface area contributed by atoms with Gasteiger partial charge in [0.15, 0.2) is 0 Å². The fourth-order valence-corrected chi connectivity index (χ4v) is 1.64. The summed E-state index contributed by atoms with van der Waals surface area (Å²) in [5.41, 5.74) is 0. The standard InChI is InChI=1S/C7H16N2O4S/c1-5(2)6(7(10)11)8-14(12,13)9(3)4/h5-6,8H,1-4H3,(H,10,11). The van der Waals surface area contributed by atoms with Crippen molar-refractivity contribution in [2.75, 3.05) is 14.1 Å². The molecule has 6 nitrogen and oxygen atoms in total. The largest absolute Gasteiger partial charge is 0.480 e. The molecule has 0 fully saturated rings. The van der Waals surface area contributed by atoms with Crippen molar-refractivity contribution in [1.82, 2.24) is 9.03 Å². The van der Waals surface area contributed by atoms with Crippen LogP contribution in [0, 0.1) is 5.92 Å². The first-order chi connectivity index (χ1) is 6.18. The van der Waals surface area contributed by atoms with Crippen molar-refractivity contribution in [3.05, 3.63) is 0 Å². The van der Waals surface area contributed by atoms with Crippen molar-refractivity contribution in [3.8, 4) is 0 Å². The molecule has 2 N–H and O–H groups in total. The number of rotatable bonds is 5. The molecular formula is C7H16N2O4S. The van der Waals surface area contributed by atoms with Gasteiger partial charge in [-0.3, -0.25) is 4.79 Å². The number of aliphatic carboxylic acids is 1. The summed E-state index contributed by atoms with van der Waals surface area (Å²) >= 11 is 0. The minimum absolute atomic E-state index is 0.303. The summed E-state index contributed by atoms with van der Waals surface area (Å²) in [6.07, 6.45) is 0. The summed E-state index contributed by atoms with van der Waals surface area (Å²) in [5.74, 6) is -1.48. The Labute approximate surface area is 84.1 Å². The minimum Gasteiger partial charge on any atom is -0.480 e. The number of hydrogen-bond acceptors (Lipinski definition) is 3. The van der Waals surface area contributed by atoms with E-state index in [9.17, 15) is 13.2 Å². The van der Waals surface area contributed by atoms with Gasteiger partial charge in [0, 0.05) is 14.1 Å². The summed E-state index contributed by atoms with van der Waals surface area (Å²) in [4.78, 5) is 10.7. The Bertz CT molecular complexity index is 297. The van der Waals surface area contributed by atoms with Crippen LogP contribution >= 0.6 is 0 Å². The zero-order valence-corrected chi connectivity index (χ0v) is 9.50. The van der Waals surface area contributed by atoms with Crippen LogP contribution in [0.2, 0.25) is 0 Å². The van der Waals surface area contributed by atoms with Crippen molar-refractivity contribution in [2.45, 2.75) is 19.9 Å². The fourth-order valence-electron chi connectivity index (χ4n) is 0.738. The maximum Gasteiger partial charge on any atom is 0.322 e. The molecule has 0 aromatic heterocycles. The highest BCUT2D eigenvalue weighted by atomic mass is 32.2. The Morgan fingerprint density at radius 1 is 1.36 bits per heavy atom. The maximum atomic E-state index is 11.3. The van der Waals surface area contributed by atoms with Crippen molar-refractivity contribution < 1.29 is 18.3 Å². The Morgan fingerprint density at radius 3 is 2.00 bits per heavy atom. The predicted molar refractivity (Wildman–Crippen MR) is 52.0 cm³/mol. The summed E-state index contributed by atoms with van der Waals surface area (Å²) in [7, 11) is -1.02. The molecule has 0 rings (SSSR count). The van der Waals surface area contributed by atoms with Crippen molar-refractivity contribution in [2.24, 2.45) is 5.92 Å². The number of nitrogens with zero attached hydrogens (tertiary/aromatic N) is 1. The minimum atomic E-state index is -3.68. The lowest BCUT2D eigenvalue weighted by molar-refractivity contribution is -0.140. The van der Waals surface area contributed by atoms with E-state index >= 15 is 0 Å². The first kappa shape index (κ1) is 13.3. The van der Waals surface area contributed by atoms with E-state index in [1.54, 1.807) is 13.8 Å². The summed E-state index contributed by atoms with van der Waals surface area (Å²) in [6, 6.07) is -1.10. The Morgan fingerprint density at radius 2 is 1.79 bits per heavy atom. The first-order valence-electron chi connectivity index (χ1n) is 4.11. The van der Waals surface area contributed by atoms with Crippen LogP contribution in [-0.4, -0.2) is 43.9 Å². The predicted octanol–water partition coefficient (Wildman–Crippen LogP) is -0.508. The number of nitrogens with one attached hydrogen (secondary N) is 1. The second-order valence-corrected chi connectivity index (χ2v) is 5.38. The quantitative estimate of drug-likeness (QED) is 0.658. The first-order valence-corrected chi connectivity index (χ1v) is 5.55. The van der Waals surface area contributed by atoms with Gasteiger partial charge in [0.1, 0.15) is 6.04 Å². The van der Waals surface area contributed by atoms with Gasteiger partial charge >= 0.3 is 5.97 Å². The second-order valence-electron chi connectivity index (χ2n) is 3.47. The number of carboxylic acids is 1. The second kappa shape index (κ2) is 4.72. The van der Waals surface area contributed by atoms with Gasteiger partial charge in [-0.2, -0.15) is 17.4 Å². The molecule has 0 amide bonds. The molecule has 7 heteroatoms. The monoisotopic (exact) mass is 224 g/mol. The van der Waals surface area contributed by atoms with Gasteiger partial charge in [0.2, 0.25) is 0 Å². The highest BCUT2D eigenvalue weighted by molar-refractivity contribution is 7.87. The van der Waals surface area contributed by atoms with Crippen molar-refractivity contribution >= 4 is 16.2 Å². The van der Waals surface area contributed by atoms with Gasteiger partial charge in [-0.05, 0) is 5.92 Å². The highest BCUT2D eigenvalue weighted by Gasteiger charge is 2.27. The van der Waals surface area contributed by atoms with Crippen LogP contribution in [0.5, 0.6) is 0 Å². The van der Waals surface area contributed by atoms with Gasteiger partial charge in [0.05, 0.1) is 0 Å². The molecule has 14 heavy (non-hydrogen) atoms. The zero-order chi connectivity index (χ0) is 11.5. The van der Waals surface area contributed by atoms with Crippen molar-refractivity contribution in [3.63, 3.8) is 0 Å². The molecule has 0 aliphatic rings. The van der Waals surface area contributed by atoms with E-state index in [4.69, 9.17) is 5.11 Å². The number of carboxylic acid groups (broad SMARTS) is 1. The molecule has 0 aromatic rings. The van der Waals surface area contributed by atoms with Crippen LogP contribution < -0.4 is 4.72 Å². The van der Waals surface area contributed by atoms with Gasteiger partial charge in [-0.15, -0.1) is 0 Å². The smallest absolute Gasteiger partial charge is 0.322 e. The van der Waals surface area contributed by atoms with Gasteiger partial charge < -0.3 is 5.11 Å². The topological polar surface area (TPSA) is 86.7 Å². The van der Waals surface area contributed by atoms with Crippen LogP contribution in [0.1, 0.15) is 13.8 Å². The van der Waals surface area contributed by atoms with E-state index in [-0.39, 0.29) is 5.92 Å². The van der Waals surface area contributed by atoms with Crippen molar-refractivity contribution in [1.29, 1.82) is 0 Å².